The molecule has 2 rings (SSSR count). The van der Waals surface area contributed by atoms with E-state index < -0.39 is 18.2 Å². The first-order valence-electron chi connectivity index (χ1n) is 6.88. The number of carbonyl (C=O) groups excluding carboxylic acids is 2. The van der Waals surface area contributed by atoms with Crippen molar-refractivity contribution in [1.29, 1.82) is 0 Å². The van der Waals surface area contributed by atoms with Crippen molar-refractivity contribution in [2.75, 3.05) is 13.2 Å². The number of amides is 3. The lowest BCUT2D eigenvalue weighted by Gasteiger charge is -2.18. The van der Waals surface area contributed by atoms with Gasteiger partial charge in [0.15, 0.2) is 0 Å². The van der Waals surface area contributed by atoms with Gasteiger partial charge >= 0.3 is 6.03 Å². The van der Waals surface area contributed by atoms with Crippen LogP contribution >= 0.6 is 0 Å². The Morgan fingerprint density at radius 2 is 2.10 bits per heavy atom. The second kappa shape index (κ2) is 6.13. The van der Waals surface area contributed by atoms with Gasteiger partial charge in [0.05, 0.1) is 6.54 Å². The Kier molecular flexibility index (Phi) is 4.47. The van der Waals surface area contributed by atoms with Crippen LogP contribution in [-0.4, -0.2) is 47.2 Å². The summed E-state index contributed by atoms with van der Waals surface area (Å²) in [4.78, 5) is 24.3. The van der Waals surface area contributed by atoms with Gasteiger partial charge in [0, 0.05) is 0 Å². The number of β-amino-alcohol motifs (C(OH)–C–C–N with tert-alkyl or cyclic N) is 1. The molecule has 0 unspecified atom stereocenters. The molecule has 1 aliphatic heterocycles. The predicted octanol–water partition coefficient (Wildman–Crippen LogP) is 0.983. The van der Waals surface area contributed by atoms with Crippen LogP contribution in [0.5, 0.6) is 5.75 Å². The van der Waals surface area contributed by atoms with Gasteiger partial charge in [0.2, 0.25) is 0 Å². The van der Waals surface area contributed by atoms with Crippen LogP contribution in [0, 0.1) is 13.8 Å². The third kappa shape index (κ3) is 3.52. The molecule has 1 aromatic rings. The second-order valence-electron chi connectivity index (χ2n) is 5.35. The van der Waals surface area contributed by atoms with Crippen LogP contribution in [0.4, 0.5) is 4.79 Å². The summed E-state index contributed by atoms with van der Waals surface area (Å²) in [5, 5.41) is 12.5. The smallest absolute Gasteiger partial charge is 0.324 e. The average Bonchev–Trinajstić information content (AvgIpc) is 2.66. The number of hydrogen-bond donors (Lipinski definition) is 2. The fraction of sp³-hybridized carbons (Fsp3) is 0.467. The summed E-state index contributed by atoms with van der Waals surface area (Å²) in [7, 11) is 0. The molecular weight excluding hydrogens is 272 g/mol. The summed E-state index contributed by atoms with van der Waals surface area (Å²) in [6.45, 7) is 5.44. The molecule has 0 bridgehead atoms. The molecule has 0 saturated carbocycles. The summed E-state index contributed by atoms with van der Waals surface area (Å²) in [6, 6.07) is 4.80. The van der Waals surface area contributed by atoms with Crippen molar-refractivity contribution < 1.29 is 19.4 Å². The predicted molar refractivity (Wildman–Crippen MR) is 77.1 cm³/mol. The highest BCUT2D eigenvalue weighted by molar-refractivity contribution is 6.03. The van der Waals surface area contributed by atoms with Crippen molar-refractivity contribution in [2.45, 2.75) is 32.9 Å². The van der Waals surface area contributed by atoms with Gasteiger partial charge in [-0.1, -0.05) is 12.1 Å². The number of aliphatic hydroxyl groups excluding tert-OH is 1. The van der Waals surface area contributed by atoms with Crippen LogP contribution in [0.25, 0.3) is 0 Å². The van der Waals surface area contributed by atoms with Crippen LogP contribution in [0.2, 0.25) is 0 Å². The Balaban J connectivity index is 1.90. The molecule has 2 N–H and O–H groups in total. The number of carbonyl (C=O) groups is 2. The van der Waals surface area contributed by atoms with Crippen molar-refractivity contribution >= 4 is 11.9 Å². The van der Waals surface area contributed by atoms with E-state index in [1.54, 1.807) is 6.92 Å². The van der Waals surface area contributed by atoms with Gasteiger partial charge in [-0.25, -0.2) is 4.79 Å². The minimum absolute atomic E-state index is 0.0235. The number of ether oxygens (including phenoxy) is 1. The summed E-state index contributed by atoms with van der Waals surface area (Å²) >= 11 is 0. The van der Waals surface area contributed by atoms with E-state index in [1.807, 2.05) is 32.0 Å². The molecule has 0 aromatic heterocycles. The molecule has 0 aliphatic carbocycles. The molecule has 21 heavy (non-hydrogen) atoms. The van der Waals surface area contributed by atoms with Gasteiger partial charge < -0.3 is 15.2 Å². The average molecular weight is 292 g/mol. The lowest BCUT2D eigenvalue weighted by molar-refractivity contribution is -0.128. The first-order chi connectivity index (χ1) is 9.88. The zero-order valence-electron chi connectivity index (χ0n) is 12.4. The van der Waals surface area contributed by atoms with Gasteiger partial charge in [-0.2, -0.15) is 0 Å². The molecule has 6 heteroatoms. The van der Waals surface area contributed by atoms with Crippen molar-refractivity contribution in [1.82, 2.24) is 10.2 Å². The van der Waals surface area contributed by atoms with Gasteiger partial charge in [0.1, 0.15) is 24.5 Å². The minimum atomic E-state index is -0.926. The summed E-state index contributed by atoms with van der Waals surface area (Å²) < 4.78 is 5.57. The van der Waals surface area contributed by atoms with Crippen molar-refractivity contribution in [3.8, 4) is 5.75 Å². The molecule has 1 aliphatic rings. The summed E-state index contributed by atoms with van der Waals surface area (Å²) in [5.74, 6) is 0.366. The second-order valence-corrected chi connectivity index (χ2v) is 5.35. The van der Waals surface area contributed by atoms with Gasteiger partial charge in [0.25, 0.3) is 5.91 Å². The van der Waals surface area contributed by atoms with Crippen LogP contribution in [0.1, 0.15) is 18.1 Å². The van der Waals surface area contributed by atoms with E-state index in [9.17, 15) is 14.7 Å². The first-order valence-corrected chi connectivity index (χ1v) is 6.88. The van der Waals surface area contributed by atoms with E-state index in [1.165, 1.54) is 0 Å². The molecule has 1 heterocycles. The van der Waals surface area contributed by atoms with Crippen LogP contribution in [0.15, 0.2) is 18.2 Å². The molecule has 0 spiro atoms. The van der Waals surface area contributed by atoms with Gasteiger partial charge in [-0.3, -0.25) is 9.69 Å². The highest BCUT2D eigenvalue weighted by atomic mass is 16.5. The Bertz CT molecular complexity index is 559. The number of rotatable bonds is 5. The van der Waals surface area contributed by atoms with E-state index in [0.717, 1.165) is 16.0 Å². The van der Waals surface area contributed by atoms with Crippen LogP contribution < -0.4 is 10.1 Å². The van der Waals surface area contributed by atoms with Crippen LogP contribution in [-0.2, 0) is 4.79 Å². The third-order valence-corrected chi connectivity index (χ3v) is 3.39. The molecular formula is C15H20N2O4. The number of aryl methyl sites for hydroxylation is 2. The monoisotopic (exact) mass is 292 g/mol. The number of benzene rings is 1. The Hall–Kier alpha value is -2.08. The van der Waals surface area contributed by atoms with E-state index in [0.29, 0.717) is 5.75 Å². The normalized spacial score (nSPS) is 19.6. The molecule has 0 radical (unpaired) electrons. The standard InChI is InChI=1S/C15H20N2O4/c1-9-4-5-10(2)13(6-9)21-8-12(18)7-17-14(19)11(3)16-15(17)20/h4-6,11-12,18H,7-8H2,1-3H3,(H,16,20)/t11-,12+/m0/s1. The Morgan fingerprint density at radius 3 is 2.71 bits per heavy atom. The number of urea groups is 1. The number of hydrogen-bond acceptors (Lipinski definition) is 4. The maximum atomic E-state index is 11.7. The van der Waals surface area contributed by atoms with Gasteiger partial charge in [-0.15, -0.1) is 0 Å². The van der Waals surface area contributed by atoms with Crippen molar-refractivity contribution in [3.05, 3.63) is 29.3 Å². The van der Waals surface area contributed by atoms with E-state index in [-0.39, 0.29) is 19.1 Å². The molecule has 1 saturated heterocycles. The summed E-state index contributed by atoms with van der Waals surface area (Å²) in [5.41, 5.74) is 2.03. The maximum absolute atomic E-state index is 11.7. The molecule has 114 valence electrons. The first kappa shape index (κ1) is 15.3. The fourth-order valence-corrected chi connectivity index (χ4v) is 2.14. The van der Waals surface area contributed by atoms with E-state index in [2.05, 4.69) is 5.32 Å². The number of imide groups is 1. The molecule has 1 fully saturated rings. The van der Waals surface area contributed by atoms with Crippen molar-refractivity contribution in [2.24, 2.45) is 0 Å². The zero-order chi connectivity index (χ0) is 15.6. The number of aliphatic hydroxyl groups is 1. The zero-order valence-corrected chi connectivity index (χ0v) is 12.4. The highest BCUT2D eigenvalue weighted by Gasteiger charge is 2.36. The Labute approximate surface area is 123 Å². The van der Waals surface area contributed by atoms with Crippen LogP contribution in [0.3, 0.4) is 0 Å². The molecule has 2 atom stereocenters. The largest absolute Gasteiger partial charge is 0.491 e. The molecule has 6 nitrogen and oxygen atoms in total. The van der Waals surface area contributed by atoms with E-state index >= 15 is 0 Å². The fourth-order valence-electron chi connectivity index (χ4n) is 2.14. The molecule has 1 aromatic carbocycles. The number of nitrogens with one attached hydrogen (secondary N) is 1. The maximum Gasteiger partial charge on any atom is 0.324 e. The third-order valence-electron chi connectivity index (χ3n) is 3.39. The minimum Gasteiger partial charge on any atom is -0.491 e. The SMILES string of the molecule is Cc1ccc(C)c(OC[C@H](O)CN2C(=O)N[C@@H](C)C2=O)c1. The highest BCUT2D eigenvalue weighted by Crippen LogP contribution is 2.19. The number of nitrogens with zero attached hydrogens (tertiary/aromatic N) is 1. The van der Waals surface area contributed by atoms with Gasteiger partial charge in [-0.05, 0) is 38.0 Å². The lowest BCUT2D eigenvalue weighted by atomic mass is 10.1. The summed E-state index contributed by atoms with van der Waals surface area (Å²) in [6.07, 6.45) is -0.926. The van der Waals surface area contributed by atoms with Crippen molar-refractivity contribution in [3.63, 3.8) is 0 Å². The quantitative estimate of drug-likeness (QED) is 0.793. The molecule has 3 amide bonds. The Morgan fingerprint density at radius 1 is 1.38 bits per heavy atom. The topological polar surface area (TPSA) is 78.9 Å². The van der Waals surface area contributed by atoms with E-state index in [4.69, 9.17) is 4.74 Å². The lowest BCUT2D eigenvalue weighted by Crippen LogP contribution is -2.40.